The third-order valence-electron chi connectivity index (χ3n) is 3.89. The Balaban J connectivity index is 2.21. The van der Waals surface area contributed by atoms with E-state index in [1.165, 1.54) is 12.1 Å². The Hall–Kier alpha value is -1.82. The summed E-state index contributed by atoms with van der Waals surface area (Å²) in [6.45, 7) is 0. The third kappa shape index (κ3) is 2.73. The fourth-order valence-corrected chi connectivity index (χ4v) is 3.77. The van der Waals surface area contributed by atoms with Crippen molar-refractivity contribution >= 4 is 20.2 Å². The van der Waals surface area contributed by atoms with Crippen molar-refractivity contribution in [3.63, 3.8) is 0 Å². The van der Waals surface area contributed by atoms with Gasteiger partial charge in [0.1, 0.15) is 12.2 Å². The highest BCUT2D eigenvalue weighted by Gasteiger charge is 2.32. The summed E-state index contributed by atoms with van der Waals surface area (Å²) in [5.74, 6) is 0. The van der Waals surface area contributed by atoms with Gasteiger partial charge >= 0.3 is 0 Å². The molecule has 128 valence electrons. The molecule has 1 aliphatic carbocycles. The summed E-state index contributed by atoms with van der Waals surface area (Å²) in [5, 5.41) is 20.8. The maximum Gasteiger partial charge on any atom is 0.294 e. The second kappa shape index (κ2) is 5.34. The molecule has 2 unspecified atom stereocenters. The van der Waals surface area contributed by atoms with Crippen LogP contribution >= 0.6 is 0 Å². The first-order valence-electron chi connectivity index (χ1n) is 6.59. The van der Waals surface area contributed by atoms with Crippen LogP contribution in [0.25, 0.3) is 0 Å². The van der Waals surface area contributed by atoms with Gasteiger partial charge in [0.15, 0.2) is 0 Å². The molecule has 8 nitrogen and oxygen atoms in total. The van der Waals surface area contributed by atoms with Crippen LogP contribution in [-0.4, -0.2) is 36.2 Å². The van der Waals surface area contributed by atoms with Gasteiger partial charge in [0.25, 0.3) is 20.2 Å². The van der Waals surface area contributed by atoms with Gasteiger partial charge in [-0.1, -0.05) is 12.1 Å². The number of aliphatic hydroxyl groups excluding tert-OH is 2. The largest absolute Gasteiger partial charge is 0.384 e. The number of benzene rings is 2. The van der Waals surface area contributed by atoms with E-state index in [2.05, 4.69) is 0 Å². The van der Waals surface area contributed by atoms with E-state index in [0.29, 0.717) is 0 Å². The van der Waals surface area contributed by atoms with Crippen molar-refractivity contribution < 1.29 is 36.2 Å². The molecular formula is C14H12O8S2. The van der Waals surface area contributed by atoms with E-state index in [1.807, 2.05) is 0 Å². The van der Waals surface area contributed by atoms with E-state index >= 15 is 0 Å². The lowest BCUT2D eigenvalue weighted by atomic mass is 9.82. The van der Waals surface area contributed by atoms with Crippen LogP contribution in [-0.2, 0) is 20.2 Å². The van der Waals surface area contributed by atoms with Crippen LogP contribution < -0.4 is 0 Å². The zero-order chi connectivity index (χ0) is 17.9. The Kier molecular flexibility index (Phi) is 3.79. The summed E-state index contributed by atoms with van der Waals surface area (Å²) in [7, 11) is -8.97. The number of hydrogen-bond donors (Lipinski definition) is 4. The van der Waals surface area contributed by atoms with Crippen LogP contribution in [0.4, 0.5) is 0 Å². The van der Waals surface area contributed by atoms with Crippen molar-refractivity contribution in [1.29, 1.82) is 0 Å². The molecule has 2 aromatic carbocycles. The van der Waals surface area contributed by atoms with Gasteiger partial charge in [-0.2, -0.15) is 16.8 Å². The molecule has 0 aliphatic heterocycles. The zero-order valence-corrected chi connectivity index (χ0v) is 13.5. The molecule has 3 rings (SSSR count). The van der Waals surface area contributed by atoms with Gasteiger partial charge in [0.05, 0.1) is 9.79 Å². The van der Waals surface area contributed by atoms with Crippen LogP contribution in [0.15, 0.2) is 46.2 Å². The molecule has 4 N–H and O–H groups in total. The number of aliphatic hydroxyl groups is 2. The third-order valence-corrected chi connectivity index (χ3v) is 5.59. The Morgan fingerprint density at radius 1 is 0.625 bits per heavy atom. The molecule has 1 aliphatic rings. The molecule has 0 amide bonds. The van der Waals surface area contributed by atoms with Crippen molar-refractivity contribution in [1.82, 2.24) is 0 Å². The van der Waals surface area contributed by atoms with Crippen molar-refractivity contribution in [2.75, 3.05) is 0 Å². The lowest BCUT2D eigenvalue weighted by Crippen LogP contribution is -2.19. The molecular weight excluding hydrogens is 360 g/mol. The molecule has 0 aromatic heterocycles. The van der Waals surface area contributed by atoms with Gasteiger partial charge < -0.3 is 10.2 Å². The molecule has 0 spiro atoms. The molecule has 10 heteroatoms. The average molecular weight is 372 g/mol. The second-order valence-electron chi connectivity index (χ2n) is 5.34. The van der Waals surface area contributed by atoms with E-state index in [-0.39, 0.29) is 22.3 Å². The van der Waals surface area contributed by atoms with E-state index in [4.69, 9.17) is 9.11 Å². The summed E-state index contributed by atoms with van der Waals surface area (Å²) in [4.78, 5) is -0.879. The normalized spacial score (nSPS) is 20.3. The predicted octanol–water partition coefficient (Wildman–Crippen LogP) is 0.657. The van der Waals surface area contributed by atoms with Crippen LogP contribution in [0, 0.1) is 0 Å². The van der Waals surface area contributed by atoms with Gasteiger partial charge in [-0.25, -0.2) is 0 Å². The van der Waals surface area contributed by atoms with E-state index in [1.54, 1.807) is 0 Å². The first kappa shape index (κ1) is 17.0. The Labute approximate surface area is 137 Å². The highest BCUT2D eigenvalue weighted by Crippen LogP contribution is 2.42. The summed E-state index contributed by atoms with van der Waals surface area (Å²) in [5.41, 5.74) is 0.472. The predicted molar refractivity (Wildman–Crippen MR) is 80.6 cm³/mol. The molecule has 0 radical (unpaired) electrons. The maximum absolute atomic E-state index is 11.2. The van der Waals surface area contributed by atoms with Crippen molar-refractivity contribution in [2.24, 2.45) is 0 Å². The van der Waals surface area contributed by atoms with Crippen LogP contribution in [0.5, 0.6) is 0 Å². The van der Waals surface area contributed by atoms with Crippen LogP contribution in [0.2, 0.25) is 0 Å². The van der Waals surface area contributed by atoms with Gasteiger partial charge in [-0.05, 0) is 46.5 Å². The lowest BCUT2D eigenvalue weighted by Gasteiger charge is -2.29. The minimum absolute atomic E-state index is 0.0738. The fraction of sp³-hybridized carbons (Fsp3) is 0.143. The van der Waals surface area contributed by atoms with Crippen LogP contribution in [0.1, 0.15) is 34.5 Å². The van der Waals surface area contributed by atoms with E-state index < -0.39 is 42.2 Å². The highest BCUT2D eigenvalue weighted by atomic mass is 32.2. The van der Waals surface area contributed by atoms with E-state index in [9.17, 15) is 27.0 Å². The Morgan fingerprint density at radius 2 is 0.958 bits per heavy atom. The molecule has 24 heavy (non-hydrogen) atoms. The molecule has 0 saturated carbocycles. The summed E-state index contributed by atoms with van der Waals surface area (Å²) in [6, 6.07) is 6.63. The zero-order valence-electron chi connectivity index (χ0n) is 11.9. The smallest absolute Gasteiger partial charge is 0.294 e. The minimum Gasteiger partial charge on any atom is -0.384 e. The summed E-state index contributed by atoms with van der Waals surface area (Å²) < 4.78 is 63.1. The first-order chi connectivity index (χ1) is 11.0. The molecule has 0 bridgehead atoms. The minimum atomic E-state index is -4.49. The monoisotopic (exact) mass is 372 g/mol. The van der Waals surface area contributed by atoms with Crippen molar-refractivity contribution in [3.8, 4) is 0 Å². The molecule has 2 atom stereocenters. The summed E-state index contributed by atoms with van der Waals surface area (Å²) >= 11 is 0. The van der Waals surface area contributed by atoms with Gasteiger partial charge in [0.2, 0.25) is 0 Å². The van der Waals surface area contributed by atoms with Crippen molar-refractivity contribution in [2.45, 2.75) is 22.0 Å². The quantitative estimate of drug-likeness (QED) is 0.562. The number of rotatable bonds is 2. The molecule has 0 saturated heterocycles. The van der Waals surface area contributed by atoms with Crippen molar-refractivity contribution in [3.05, 3.63) is 58.7 Å². The first-order valence-corrected chi connectivity index (χ1v) is 9.47. The van der Waals surface area contributed by atoms with E-state index in [0.717, 1.165) is 24.3 Å². The number of fused-ring (bicyclic) bond motifs is 2. The fourth-order valence-electron chi connectivity index (χ4n) is 2.73. The van der Waals surface area contributed by atoms with Gasteiger partial charge in [-0.15, -0.1) is 0 Å². The lowest BCUT2D eigenvalue weighted by molar-refractivity contribution is 0.172. The second-order valence-corrected chi connectivity index (χ2v) is 8.18. The Morgan fingerprint density at radius 3 is 1.25 bits per heavy atom. The van der Waals surface area contributed by atoms with Gasteiger partial charge in [0, 0.05) is 0 Å². The molecule has 2 aromatic rings. The maximum atomic E-state index is 11.2. The van der Waals surface area contributed by atoms with Crippen LogP contribution in [0.3, 0.4) is 0 Å². The Bertz CT molecular complexity index is 955. The van der Waals surface area contributed by atoms with Gasteiger partial charge in [-0.3, -0.25) is 9.11 Å². The SMILES string of the molecule is O=S(=O)(O)c1ccc2c(c1)C(O)c1ccc(S(=O)(=O)O)cc1C2O. The highest BCUT2D eigenvalue weighted by molar-refractivity contribution is 7.86. The number of hydrogen-bond acceptors (Lipinski definition) is 6. The molecule has 0 heterocycles. The topological polar surface area (TPSA) is 149 Å². The average Bonchev–Trinajstić information content (AvgIpc) is 2.49. The summed E-state index contributed by atoms with van der Waals surface area (Å²) in [6.07, 6.45) is -2.67. The standard InChI is InChI=1S/C14H12O8S2/c15-13-9-3-1-7(23(17,18)19)5-11(9)14(16)10-4-2-8(6-12(10)13)24(20,21)22/h1-6,13-16H,(H,17,18,19)(H,20,21,22). The molecule has 0 fully saturated rings.